The Balaban J connectivity index is 1.75. The van der Waals surface area contributed by atoms with Crippen molar-refractivity contribution in [1.29, 1.82) is 0 Å². The Bertz CT molecular complexity index is 1000. The van der Waals surface area contributed by atoms with Crippen LogP contribution in [0.1, 0.15) is 24.8 Å². The maximum atomic E-state index is 13.8. The van der Waals surface area contributed by atoms with Crippen LogP contribution in [0.25, 0.3) is 0 Å². The minimum atomic E-state index is -4.07. The maximum absolute atomic E-state index is 13.8. The van der Waals surface area contributed by atoms with Gasteiger partial charge in [-0.2, -0.15) is 0 Å². The third-order valence-electron chi connectivity index (χ3n) is 4.86. The second kappa shape index (κ2) is 5.54. The van der Waals surface area contributed by atoms with Gasteiger partial charge >= 0.3 is 0 Å². The number of carbonyl (C=O) groups excluding carboxylic acids is 1. The molecule has 1 fully saturated rings. The first-order valence-electron chi connectivity index (χ1n) is 7.76. The molecular weight excluding hydrogens is 411 g/mol. The molecule has 1 saturated carbocycles. The summed E-state index contributed by atoms with van der Waals surface area (Å²) in [5.41, 5.74) is 1.18. The van der Waals surface area contributed by atoms with Crippen LogP contribution in [-0.2, 0) is 20.2 Å². The Labute approximate surface area is 152 Å². The number of amides is 1. The van der Waals surface area contributed by atoms with Gasteiger partial charge in [0.25, 0.3) is 10.0 Å². The standard InChI is InChI=1S/C17H14BrFN2O3S/c18-12-9-10(21-25(23,24)14-5-2-1-4-13(14)19)8-11-15(12)20-16(22)17(11)6-3-7-17/h1-2,4-5,8-9,21H,3,6-7H2,(H,20,22). The normalized spacial score (nSPS) is 17.8. The Morgan fingerprint density at radius 2 is 1.92 bits per heavy atom. The highest BCUT2D eigenvalue weighted by Gasteiger charge is 2.51. The van der Waals surface area contributed by atoms with Gasteiger partial charge in [0.05, 0.1) is 16.8 Å². The van der Waals surface area contributed by atoms with Crippen LogP contribution in [0, 0.1) is 5.82 Å². The van der Waals surface area contributed by atoms with Crippen molar-refractivity contribution in [3.8, 4) is 0 Å². The number of hydrogen-bond acceptors (Lipinski definition) is 3. The molecule has 2 N–H and O–H groups in total. The number of benzene rings is 2. The third-order valence-corrected chi connectivity index (χ3v) is 6.90. The number of carbonyl (C=O) groups is 1. The molecule has 2 aromatic carbocycles. The van der Waals surface area contributed by atoms with Gasteiger partial charge in [0, 0.05) is 4.47 Å². The van der Waals surface area contributed by atoms with E-state index in [0.717, 1.165) is 30.9 Å². The summed E-state index contributed by atoms with van der Waals surface area (Å²) in [6, 6.07) is 8.42. The number of nitrogens with one attached hydrogen (secondary N) is 2. The fourth-order valence-corrected chi connectivity index (χ4v) is 5.11. The number of halogens is 2. The van der Waals surface area contributed by atoms with Crippen molar-refractivity contribution in [1.82, 2.24) is 0 Å². The molecular formula is C17H14BrFN2O3S. The highest BCUT2D eigenvalue weighted by molar-refractivity contribution is 9.10. The maximum Gasteiger partial charge on any atom is 0.264 e. The van der Waals surface area contributed by atoms with E-state index in [2.05, 4.69) is 26.0 Å². The molecule has 0 bridgehead atoms. The Morgan fingerprint density at radius 1 is 1.20 bits per heavy atom. The monoisotopic (exact) mass is 424 g/mol. The highest BCUT2D eigenvalue weighted by Crippen LogP contribution is 2.53. The zero-order valence-electron chi connectivity index (χ0n) is 13.0. The number of sulfonamides is 1. The summed E-state index contributed by atoms with van der Waals surface area (Å²) in [6.07, 6.45) is 2.43. The van der Waals surface area contributed by atoms with Gasteiger partial charge in [-0.3, -0.25) is 9.52 Å². The van der Waals surface area contributed by atoms with E-state index in [1.807, 2.05) is 0 Å². The van der Waals surface area contributed by atoms with Crippen molar-refractivity contribution in [3.05, 3.63) is 52.3 Å². The second-order valence-corrected chi connectivity index (χ2v) is 8.81. The van der Waals surface area contributed by atoms with Gasteiger partial charge < -0.3 is 5.32 Å². The molecule has 8 heteroatoms. The van der Waals surface area contributed by atoms with Crippen LogP contribution in [0.15, 0.2) is 45.8 Å². The molecule has 25 heavy (non-hydrogen) atoms. The average molecular weight is 425 g/mol. The SMILES string of the molecule is O=C1Nc2c(Br)cc(NS(=O)(=O)c3ccccc3F)cc2C12CCC2. The van der Waals surface area contributed by atoms with Crippen molar-refractivity contribution >= 4 is 43.2 Å². The molecule has 1 amide bonds. The summed E-state index contributed by atoms with van der Waals surface area (Å²) in [6.45, 7) is 0. The molecule has 4 rings (SSSR count). The van der Waals surface area contributed by atoms with E-state index in [1.54, 1.807) is 12.1 Å². The summed E-state index contributed by atoms with van der Waals surface area (Å²) >= 11 is 3.39. The van der Waals surface area contributed by atoms with E-state index < -0.39 is 26.2 Å². The van der Waals surface area contributed by atoms with Crippen molar-refractivity contribution in [2.24, 2.45) is 0 Å². The number of hydrogen-bond donors (Lipinski definition) is 2. The van der Waals surface area contributed by atoms with E-state index >= 15 is 0 Å². The molecule has 0 atom stereocenters. The lowest BCUT2D eigenvalue weighted by molar-refractivity contribution is -0.123. The van der Waals surface area contributed by atoms with E-state index in [9.17, 15) is 17.6 Å². The van der Waals surface area contributed by atoms with Crippen molar-refractivity contribution in [3.63, 3.8) is 0 Å². The van der Waals surface area contributed by atoms with Gasteiger partial charge in [-0.15, -0.1) is 0 Å². The highest BCUT2D eigenvalue weighted by atomic mass is 79.9. The van der Waals surface area contributed by atoms with E-state index in [-0.39, 0.29) is 11.6 Å². The minimum Gasteiger partial charge on any atom is -0.324 e. The summed E-state index contributed by atoms with van der Waals surface area (Å²) in [5, 5.41) is 2.87. The molecule has 0 radical (unpaired) electrons. The van der Waals surface area contributed by atoms with Gasteiger partial charge in [-0.25, -0.2) is 12.8 Å². The van der Waals surface area contributed by atoms with Crippen LogP contribution >= 0.6 is 15.9 Å². The van der Waals surface area contributed by atoms with Gasteiger partial charge in [-0.1, -0.05) is 18.6 Å². The number of rotatable bonds is 3. The fourth-order valence-electron chi connectivity index (χ4n) is 3.43. The molecule has 2 aliphatic rings. The molecule has 0 aromatic heterocycles. The van der Waals surface area contributed by atoms with Crippen molar-refractivity contribution in [2.45, 2.75) is 29.6 Å². The van der Waals surface area contributed by atoms with Crippen molar-refractivity contribution < 1.29 is 17.6 Å². The molecule has 2 aromatic rings. The lowest BCUT2D eigenvalue weighted by atomic mass is 9.65. The van der Waals surface area contributed by atoms with Gasteiger partial charge in [0.2, 0.25) is 5.91 Å². The van der Waals surface area contributed by atoms with E-state index in [4.69, 9.17) is 0 Å². The second-order valence-electron chi connectivity index (χ2n) is 6.31. The first kappa shape index (κ1) is 16.5. The molecule has 0 unspecified atom stereocenters. The van der Waals surface area contributed by atoms with Crippen LogP contribution < -0.4 is 10.0 Å². The third kappa shape index (κ3) is 2.46. The quantitative estimate of drug-likeness (QED) is 0.787. The van der Waals surface area contributed by atoms with E-state index in [0.29, 0.717) is 10.2 Å². The van der Waals surface area contributed by atoms with Gasteiger partial charge in [0.15, 0.2) is 0 Å². The molecule has 1 aliphatic heterocycles. The first-order valence-corrected chi connectivity index (χ1v) is 10.0. The van der Waals surface area contributed by atoms with E-state index in [1.165, 1.54) is 18.2 Å². The van der Waals surface area contributed by atoms with Gasteiger partial charge in [0.1, 0.15) is 10.7 Å². The fraction of sp³-hybridized carbons (Fsp3) is 0.235. The topological polar surface area (TPSA) is 75.3 Å². The lowest BCUT2D eigenvalue weighted by Gasteiger charge is -2.36. The predicted octanol–water partition coefficient (Wildman–Crippen LogP) is 3.76. The summed E-state index contributed by atoms with van der Waals surface area (Å²) in [4.78, 5) is 11.9. The minimum absolute atomic E-state index is 0.0523. The van der Waals surface area contributed by atoms with Crippen LogP contribution in [0.5, 0.6) is 0 Å². The Kier molecular flexibility index (Phi) is 3.66. The largest absolute Gasteiger partial charge is 0.324 e. The Morgan fingerprint density at radius 3 is 2.56 bits per heavy atom. The summed E-state index contributed by atoms with van der Waals surface area (Å²) < 4.78 is 41.8. The lowest BCUT2D eigenvalue weighted by Crippen LogP contribution is -2.40. The van der Waals surface area contributed by atoms with Crippen LogP contribution in [0.4, 0.5) is 15.8 Å². The molecule has 5 nitrogen and oxygen atoms in total. The summed E-state index contributed by atoms with van der Waals surface area (Å²) in [7, 11) is -4.07. The zero-order chi connectivity index (χ0) is 17.8. The molecule has 0 saturated heterocycles. The number of anilines is 2. The van der Waals surface area contributed by atoms with Crippen LogP contribution in [0.3, 0.4) is 0 Å². The average Bonchev–Trinajstić information content (AvgIpc) is 2.79. The molecule has 130 valence electrons. The number of fused-ring (bicyclic) bond motifs is 2. The molecule has 1 aliphatic carbocycles. The molecule has 1 heterocycles. The Hall–Kier alpha value is -1.93. The predicted molar refractivity (Wildman–Crippen MR) is 95.5 cm³/mol. The smallest absolute Gasteiger partial charge is 0.264 e. The first-order chi connectivity index (χ1) is 11.8. The zero-order valence-corrected chi connectivity index (χ0v) is 15.4. The summed E-state index contributed by atoms with van der Waals surface area (Å²) in [5.74, 6) is -0.869. The van der Waals surface area contributed by atoms with Crippen LogP contribution in [0.2, 0.25) is 0 Å². The van der Waals surface area contributed by atoms with Crippen LogP contribution in [-0.4, -0.2) is 14.3 Å². The van der Waals surface area contributed by atoms with Gasteiger partial charge in [-0.05, 0) is 58.6 Å². The van der Waals surface area contributed by atoms with Crippen molar-refractivity contribution in [2.75, 3.05) is 10.0 Å². The molecule has 1 spiro atoms.